The minimum absolute atomic E-state index is 0.0755. The van der Waals surface area contributed by atoms with Crippen LogP contribution in [0.15, 0.2) is 18.2 Å². The maximum atomic E-state index is 9.96. The number of methoxy groups -OCH3 is 1. The second-order valence-electron chi connectivity index (χ2n) is 4.25. The molecule has 2 atom stereocenters. The number of benzene rings is 1. The first kappa shape index (κ1) is 11.2. The van der Waals surface area contributed by atoms with Gasteiger partial charge in [0.25, 0.3) is 0 Å². The fourth-order valence-corrected chi connectivity index (χ4v) is 1.95. The van der Waals surface area contributed by atoms with E-state index in [1.165, 1.54) is 7.11 Å². The Hall–Kier alpha value is -1.26. The lowest BCUT2D eigenvalue weighted by Crippen LogP contribution is -2.28. The van der Waals surface area contributed by atoms with Crippen molar-refractivity contribution in [3.63, 3.8) is 0 Å². The van der Waals surface area contributed by atoms with Crippen LogP contribution in [-0.4, -0.2) is 23.4 Å². The monoisotopic (exact) mass is 223 g/mol. The third-order valence-electron chi connectivity index (χ3n) is 3.07. The van der Waals surface area contributed by atoms with E-state index in [0.29, 0.717) is 11.3 Å². The summed E-state index contributed by atoms with van der Waals surface area (Å²) < 4.78 is 5.15. The van der Waals surface area contributed by atoms with Gasteiger partial charge in [0, 0.05) is 0 Å². The van der Waals surface area contributed by atoms with E-state index in [9.17, 15) is 10.2 Å². The van der Waals surface area contributed by atoms with E-state index < -0.39 is 12.1 Å². The Morgan fingerprint density at radius 3 is 2.69 bits per heavy atom. The van der Waals surface area contributed by atoms with Crippen LogP contribution in [0, 0.1) is 5.92 Å². The number of hydrogen-bond donors (Lipinski definition) is 3. The van der Waals surface area contributed by atoms with Crippen molar-refractivity contribution in [1.82, 2.24) is 0 Å². The number of ether oxygens (including phenoxy) is 1. The normalized spacial score (nSPS) is 19.2. The molecule has 1 fully saturated rings. The predicted molar refractivity (Wildman–Crippen MR) is 60.3 cm³/mol. The molecule has 1 aliphatic carbocycles. The third-order valence-corrected chi connectivity index (χ3v) is 3.07. The molecule has 1 aliphatic rings. The number of aliphatic hydroxyl groups is 1. The Labute approximate surface area is 94.7 Å². The molecule has 0 aliphatic heterocycles. The van der Waals surface area contributed by atoms with E-state index in [2.05, 4.69) is 0 Å². The maximum Gasteiger partial charge on any atom is 0.127 e. The number of phenols is 1. The first-order chi connectivity index (χ1) is 7.65. The van der Waals surface area contributed by atoms with Crippen LogP contribution in [0.2, 0.25) is 0 Å². The zero-order valence-corrected chi connectivity index (χ0v) is 9.26. The zero-order chi connectivity index (χ0) is 11.7. The first-order valence-electron chi connectivity index (χ1n) is 5.44. The molecule has 0 saturated heterocycles. The molecule has 2 rings (SSSR count). The number of hydrogen-bond acceptors (Lipinski definition) is 4. The van der Waals surface area contributed by atoms with Crippen LogP contribution in [0.3, 0.4) is 0 Å². The van der Waals surface area contributed by atoms with Gasteiger partial charge in [0.15, 0.2) is 0 Å². The SMILES string of the molecule is COc1cccc(O)c1[C@H](N)[C@H](O)C1CC1. The summed E-state index contributed by atoms with van der Waals surface area (Å²) in [5.74, 6) is 0.859. The average Bonchev–Trinajstić information content (AvgIpc) is 3.10. The molecule has 1 saturated carbocycles. The number of nitrogens with two attached hydrogens (primary N) is 1. The zero-order valence-electron chi connectivity index (χ0n) is 9.26. The fraction of sp³-hybridized carbons (Fsp3) is 0.500. The summed E-state index contributed by atoms with van der Waals surface area (Å²) in [5, 5.41) is 19.7. The maximum absolute atomic E-state index is 9.96. The number of phenolic OH excluding ortho intramolecular Hbond substituents is 1. The minimum Gasteiger partial charge on any atom is -0.507 e. The molecule has 1 aromatic carbocycles. The van der Waals surface area contributed by atoms with Gasteiger partial charge in [-0.05, 0) is 30.9 Å². The van der Waals surface area contributed by atoms with Crippen LogP contribution in [-0.2, 0) is 0 Å². The molecule has 16 heavy (non-hydrogen) atoms. The van der Waals surface area contributed by atoms with Gasteiger partial charge in [0.05, 0.1) is 24.8 Å². The van der Waals surface area contributed by atoms with Crippen molar-refractivity contribution in [2.24, 2.45) is 11.7 Å². The van der Waals surface area contributed by atoms with Gasteiger partial charge in [-0.2, -0.15) is 0 Å². The third kappa shape index (κ3) is 1.99. The number of aromatic hydroxyl groups is 1. The molecular weight excluding hydrogens is 206 g/mol. The molecule has 4 nitrogen and oxygen atoms in total. The number of rotatable bonds is 4. The van der Waals surface area contributed by atoms with E-state index >= 15 is 0 Å². The lowest BCUT2D eigenvalue weighted by Gasteiger charge is -2.21. The molecule has 0 unspecified atom stereocenters. The van der Waals surface area contributed by atoms with Crippen molar-refractivity contribution in [3.8, 4) is 11.5 Å². The van der Waals surface area contributed by atoms with E-state index in [0.717, 1.165) is 12.8 Å². The van der Waals surface area contributed by atoms with E-state index in [1.807, 2.05) is 0 Å². The largest absolute Gasteiger partial charge is 0.507 e. The molecule has 88 valence electrons. The van der Waals surface area contributed by atoms with Gasteiger partial charge in [-0.1, -0.05) is 6.07 Å². The average molecular weight is 223 g/mol. The predicted octanol–water partition coefficient (Wildman–Crippen LogP) is 1.17. The molecular formula is C12H17NO3. The highest BCUT2D eigenvalue weighted by molar-refractivity contribution is 5.46. The second kappa shape index (κ2) is 4.31. The topological polar surface area (TPSA) is 75.7 Å². The van der Waals surface area contributed by atoms with Gasteiger partial charge in [-0.25, -0.2) is 0 Å². The summed E-state index contributed by atoms with van der Waals surface area (Å²) in [6.45, 7) is 0. The molecule has 0 bridgehead atoms. The van der Waals surface area contributed by atoms with Crippen LogP contribution in [0.25, 0.3) is 0 Å². The van der Waals surface area contributed by atoms with Gasteiger partial charge in [-0.3, -0.25) is 0 Å². The van der Waals surface area contributed by atoms with Crippen molar-refractivity contribution < 1.29 is 14.9 Å². The van der Waals surface area contributed by atoms with Crippen molar-refractivity contribution in [2.45, 2.75) is 25.0 Å². The first-order valence-corrected chi connectivity index (χ1v) is 5.44. The summed E-state index contributed by atoms with van der Waals surface area (Å²) in [4.78, 5) is 0. The Morgan fingerprint density at radius 1 is 1.44 bits per heavy atom. The highest BCUT2D eigenvalue weighted by Gasteiger charge is 2.36. The molecule has 1 aromatic rings. The second-order valence-corrected chi connectivity index (χ2v) is 4.25. The van der Waals surface area contributed by atoms with Gasteiger partial charge in [0.2, 0.25) is 0 Å². The van der Waals surface area contributed by atoms with Gasteiger partial charge in [0.1, 0.15) is 11.5 Å². The lowest BCUT2D eigenvalue weighted by atomic mass is 9.97. The fourth-order valence-electron chi connectivity index (χ4n) is 1.95. The lowest BCUT2D eigenvalue weighted by molar-refractivity contribution is 0.120. The molecule has 0 amide bonds. The molecule has 0 radical (unpaired) electrons. The van der Waals surface area contributed by atoms with Crippen molar-refractivity contribution >= 4 is 0 Å². The van der Waals surface area contributed by atoms with Crippen LogP contribution < -0.4 is 10.5 Å². The van der Waals surface area contributed by atoms with Gasteiger partial charge >= 0.3 is 0 Å². The summed E-state index contributed by atoms with van der Waals surface area (Å²) in [6.07, 6.45) is 1.40. The minimum atomic E-state index is -0.609. The van der Waals surface area contributed by atoms with Crippen molar-refractivity contribution in [2.75, 3.05) is 7.11 Å². The standard InChI is InChI=1S/C12H17NO3/c1-16-9-4-2-3-8(14)10(9)11(13)12(15)7-5-6-7/h2-4,7,11-12,14-15H,5-6,13H2,1H3/t11-,12+/m0/s1. The van der Waals surface area contributed by atoms with Crippen LogP contribution in [0.4, 0.5) is 0 Å². The molecule has 4 N–H and O–H groups in total. The van der Waals surface area contributed by atoms with E-state index in [-0.39, 0.29) is 11.7 Å². The highest BCUT2D eigenvalue weighted by atomic mass is 16.5. The van der Waals surface area contributed by atoms with Crippen molar-refractivity contribution in [3.05, 3.63) is 23.8 Å². The summed E-state index contributed by atoms with van der Waals surface area (Å²) in [7, 11) is 1.52. The summed E-state index contributed by atoms with van der Waals surface area (Å²) in [6, 6.07) is 4.38. The highest BCUT2D eigenvalue weighted by Crippen LogP contribution is 2.41. The summed E-state index contributed by atoms with van der Waals surface area (Å²) >= 11 is 0. The van der Waals surface area contributed by atoms with E-state index in [1.54, 1.807) is 18.2 Å². The van der Waals surface area contributed by atoms with Gasteiger partial charge in [-0.15, -0.1) is 0 Å². The quantitative estimate of drug-likeness (QED) is 0.716. The molecule has 0 aromatic heterocycles. The molecule has 0 spiro atoms. The van der Waals surface area contributed by atoms with Crippen LogP contribution in [0.1, 0.15) is 24.4 Å². The number of aliphatic hydroxyl groups excluding tert-OH is 1. The van der Waals surface area contributed by atoms with E-state index in [4.69, 9.17) is 10.5 Å². The molecule has 0 heterocycles. The van der Waals surface area contributed by atoms with Crippen LogP contribution in [0.5, 0.6) is 11.5 Å². The van der Waals surface area contributed by atoms with Gasteiger partial charge < -0.3 is 20.7 Å². The van der Waals surface area contributed by atoms with Crippen molar-refractivity contribution in [1.29, 1.82) is 0 Å². The Morgan fingerprint density at radius 2 is 2.12 bits per heavy atom. The Bertz CT molecular complexity index is 377. The smallest absolute Gasteiger partial charge is 0.127 e. The molecule has 4 heteroatoms. The van der Waals surface area contributed by atoms with Crippen LogP contribution >= 0.6 is 0 Å². The Balaban J connectivity index is 2.30. The summed E-state index contributed by atoms with van der Waals surface area (Å²) in [5.41, 5.74) is 6.46. The Kier molecular flexibility index (Phi) is 3.03.